The number of carboxylic acids is 3. The van der Waals surface area contributed by atoms with Crippen LogP contribution in [-0.4, -0.2) is 62.4 Å². The molecule has 42 heavy (non-hydrogen) atoms. The van der Waals surface area contributed by atoms with Crippen molar-refractivity contribution in [3.05, 3.63) is 12.2 Å². The van der Waals surface area contributed by atoms with Gasteiger partial charge < -0.3 is 15.3 Å². The lowest BCUT2D eigenvalue weighted by Gasteiger charge is -2.49. The standard InChI is InChI=1S/C35H65NO6/c1-5-9-10-11-12-13-14-15-16-17-18-19-20-21-22-23-24-25-26-27-28-29-36(30(6-2)33(37)38,31(7-3)34(39)40)32(8-4)35(41)42/h5,9,30-32H,6-8,10-29H2,1-4H3,(H2-,37,38,39,40,41,42)/p+1/b9-5+. The van der Waals surface area contributed by atoms with E-state index in [0.29, 0.717) is 6.42 Å². The first kappa shape index (κ1) is 40.1. The van der Waals surface area contributed by atoms with Crippen molar-refractivity contribution < 1.29 is 34.2 Å². The summed E-state index contributed by atoms with van der Waals surface area (Å²) >= 11 is 0. The van der Waals surface area contributed by atoms with E-state index in [1.54, 1.807) is 20.8 Å². The maximum absolute atomic E-state index is 12.3. The number of carboxylic acid groups (broad SMARTS) is 3. The predicted molar refractivity (Wildman–Crippen MR) is 173 cm³/mol. The summed E-state index contributed by atoms with van der Waals surface area (Å²) in [6.45, 7) is 7.49. The minimum atomic E-state index is -1.11. The Kier molecular flexibility index (Phi) is 24.4. The lowest BCUT2D eigenvalue weighted by molar-refractivity contribution is -0.973. The first-order chi connectivity index (χ1) is 20.2. The van der Waals surface area contributed by atoms with Crippen molar-refractivity contribution in [2.24, 2.45) is 0 Å². The summed E-state index contributed by atoms with van der Waals surface area (Å²) in [4.78, 5) is 36.8. The van der Waals surface area contributed by atoms with Crippen LogP contribution in [-0.2, 0) is 14.4 Å². The highest BCUT2D eigenvalue weighted by Gasteiger charge is 2.55. The van der Waals surface area contributed by atoms with Gasteiger partial charge >= 0.3 is 17.9 Å². The normalized spacial score (nSPS) is 15.3. The average Bonchev–Trinajstić information content (AvgIpc) is 2.94. The van der Waals surface area contributed by atoms with Crippen LogP contribution in [0.1, 0.15) is 169 Å². The molecule has 7 nitrogen and oxygen atoms in total. The maximum Gasteiger partial charge on any atom is 0.362 e. The molecule has 3 N–H and O–H groups in total. The topological polar surface area (TPSA) is 112 Å². The molecule has 0 aliphatic heterocycles. The zero-order chi connectivity index (χ0) is 31.6. The van der Waals surface area contributed by atoms with Gasteiger partial charge in [-0.05, 0) is 32.6 Å². The molecular weight excluding hydrogens is 530 g/mol. The second-order valence-electron chi connectivity index (χ2n) is 12.2. The lowest BCUT2D eigenvalue weighted by Crippen LogP contribution is -2.72. The number of quaternary nitrogens is 1. The Morgan fingerprint density at radius 2 is 0.762 bits per heavy atom. The highest BCUT2D eigenvalue weighted by Crippen LogP contribution is 2.32. The van der Waals surface area contributed by atoms with Gasteiger partial charge in [0.1, 0.15) is 0 Å². The van der Waals surface area contributed by atoms with Gasteiger partial charge in [0.2, 0.25) is 0 Å². The number of aliphatic carboxylic acids is 3. The minimum Gasteiger partial charge on any atom is -0.477 e. The number of rotatable bonds is 30. The zero-order valence-electron chi connectivity index (χ0n) is 27.7. The van der Waals surface area contributed by atoms with Crippen LogP contribution >= 0.6 is 0 Å². The van der Waals surface area contributed by atoms with E-state index >= 15 is 0 Å². The number of hydrogen-bond acceptors (Lipinski definition) is 3. The van der Waals surface area contributed by atoms with Gasteiger partial charge in [-0.15, -0.1) is 0 Å². The molecule has 0 aliphatic rings. The van der Waals surface area contributed by atoms with Crippen molar-refractivity contribution in [2.45, 2.75) is 187 Å². The van der Waals surface area contributed by atoms with E-state index in [9.17, 15) is 29.7 Å². The molecule has 0 radical (unpaired) electrons. The van der Waals surface area contributed by atoms with Gasteiger partial charge in [0.05, 0.1) is 6.54 Å². The SMILES string of the molecule is C/C=C/CCCCCCCCCCCCCCCCCCCC[N+](C(CC)C(=O)O)(C(CC)C(=O)O)C(CC)C(=O)O. The Hall–Kier alpha value is -1.89. The molecule has 0 aromatic carbocycles. The van der Waals surface area contributed by atoms with Crippen LogP contribution in [0.25, 0.3) is 0 Å². The summed E-state index contributed by atoms with van der Waals surface area (Å²) in [7, 11) is 0. The van der Waals surface area contributed by atoms with E-state index in [4.69, 9.17) is 0 Å². The number of nitrogens with zero attached hydrogens (tertiary/aromatic N) is 1. The molecular formula is C35H66NO6+. The fourth-order valence-electron chi connectivity index (χ4n) is 6.92. The molecule has 0 fully saturated rings. The number of unbranched alkanes of at least 4 members (excludes halogenated alkanes) is 18. The van der Waals surface area contributed by atoms with E-state index < -0.39 is 40.5 Å². The molecule has 0 aromatic heterocycles. The molecule has 3 unspecified atom stereocenters. The molecule has 0 aliphatic carbocycles. The van der Waals surface area contributed by atoms with Crippen molar-refractivity contribution in [1.82, 2.24) is 0 Å². The largest absolute Gasteiger partial charge is 0.477 e. The molecule has 0 heterocycles. The third-order valence-corrected chi connectivity index (χ3v) is 9.16. The van der Waals surface area contributed by atoms with Gasteiger partial charge in [0.15, 0.2) is 18.1 Å². The molecule has 0 spiro atoms. The fraction of sp³-hybridized carbons (Fsp3) is 0.857. The molecule has 246 valence electrons. The highest BCUT2D eigenvalue weighted by molar-refractivity contribution is 5.78. The van der Waals surface area contributed by atoms with E-state index in [0.717, 1.165) is 19.3 Å². The third kappa shape index (κ3) is 15.5. The summed E-state index contributed by atoms with van der Waals surface area (Å²) < 4.78 is -0.402. The Labute approximate surface area is 257 Å². The van der Waals surface area contributed by atoms with E-state index in [-0.39, 0.29) is 25.8 Å². The van der Waals surface area contributed by atoms with Gasteiger partial charge in [-0.1, -0.05) is 129 Å². The van der Waals surface area contributed by atoms with Gasteiger partial charge in [-0.2, -0.15) is 0 Å². The molecule has 0 bridgehead atoms. The van der Waals surface area contributed by atoms with E-state index in [2.05, 4.69) is 19.1 Å². The predicted octanol–water partition coefficient (Wildman–Crippen LogP) is 9.38. The zero-order valence-corrected chi connectivity index (χ0v) is 27.7. The van der Waals surface area contributed by atoms with Crippen molar-refractivity contribution in [3.8, 4) is 0 Å². The maximum atomic E-state index is 12.3. The number of carbonyl (C=O) groups is 3. The Morgan fingerprint density at radius 1 is 0.500 bits per heavy atom. The quantitative estimate of drug-likeness (QED) is 0.0433. The van der Waals surface area contributed by atoms with Gasteiger partial charge in [-0.25, -0.2) is 14.4 Å². The number of hydrogen-bond donors (Lipinski definition) is 3. The smallest absolute Gasteiger partial charge is 0.362 e. The van der Waals surface area contributed by atoms with Crippen LogP contribution in [0.15, 0.2) is 12.2 Å². The molecule has 0 saturated carbocycles. The number of allylic oxidation sites excluding steroid dienone is 2. The molecule has 3 atom stereocenters. The highest BCUT2D eigenvalue weighted by atomic mass is 16.4. The van der Waals surface area contributed by atoms with Crippen LogP contribution in [0, 0.1) is 0 Å². The Bertz CT molecular complexity index is 682. The second kappa shape index (κ2) is 25.6. The van der Waals surface area contributed by atoms with Crippen molar-refractivity contribution in [1.29, 1.82) is 0 Å². The molecule has 0 aromatic rings. The van der Waals surface area contributed by atoms with Crippen molar-refractivity contribution in [3.63, 3.8) is 0 Å². The fourth-order valence-corrected chi connectivity index (χ4v) is 6.92. The Morgan fingerprint density at radius 3 is 1.00 bits per heavy atom. The van der Waals surface area contributed by atoms with Crippen LogP contribution in [0.3, 0.4) is 0 Å². The van der Waals surface area contributed by atoms with E-state index in [1.165, 1.54) is 96.3 Å². The minimum absolute atomic E-state index is 0.195. The van der Waals surface area contributed by atoms with Crippen molar-refractivity contribution in [2.75, 3.05) is 6.54 Å². The lowest BCUT2D eigenvalue weighted by atomic mass is 9.93. The first-order valence-corrected chi connectivity index (χ1v) is 17.4. The summed E-state index contributed by atoms with van der Waals surface area (Å²) in [6.07, 6.45) is 28.5. The molecule has 0 saturated heterocycles. The van der Waals surface area contributed by atoms with Gasteiger partial charge in [0, 0.05) is 19.3 Å². The Balaban J connectivity index is 4.32. The molecule has 0 amide bonds. The van der Waals surface area contributed by atoms with Crippen LogP contribution < -0.4 is 0 Å². The van der Waals surface area contributed by atoms with Crippen molar-refractivity contribution >= 4 is 17.9 Å². The second-order valence-corrected chi connectivity index (χ2v) is 12.2. The van der Waals surface area contributed by atoms with Crippen LogP contribution in [0.5, 0.6) is 0 Å². The molecule has 7 heteroatoms. The van der Waals surface area contributed by atoms with Crippen LogP contribution in [0.4, 0.5) is 0 Å². The average molecular weight is 597 g/mol. The van der Waals surface area contributed by atoms with Gasteiger partial charge in [-0.3, -0.25) is 4.48 Å². The third-order valence-electron chi connectivity index (χ3n) is 9.16. The van der Waals surface area contributed by atoms with E-state index in [1.807, 2.05) is 0 Å². The molecule has 0 rings (SSSR count). The van der Waals surface area contributed by atoms with Gasteiger partial charge in [0.25, 0.3) is 0 Å². The summed E-state index contributed by atoms with van der Waals surface area (Å²) in [6, 6.07) is -3.18. The first-order valence-electron chi connectivity index (χ1n) is 17.4. The van der Waals surface area contributed by atoms with Crippen LogP contribution in [0.2, 0.25) is 0 Å². The summed E-state index contributed by atoms with van der Waals surface area (Å²) in [5.74, 6) is -3.34. The summed E-state index contributed by atoms with van der Waals surface area (Å²) in [5, 5.41) is 30.1. The monoisotopic (exact) mass is 596 g/mol. The summed E-state index contributed by atoms with van der Waals surface area (Å²) in [5.41, 5.74) is 0.